The molecule has 4 nitrogen and oxygen atoms in total. The Bertz CT molecular complexity index is 462. The highest BCUT2D eigenvalue weighted by atomic mass is 16.5. The number of nitrogens with zero attached hydrogens (tertiary/aromatic N) is 2. The molecule has 0 unspecified atom stereocenters. The Hall–Kier alpha value is -1.81. The molecule has 1 N–H and O–H groups in total. The van der Waals surface area contributed by atoms with Gasteiger partial charge in [0.15, 0.2) is 0 Å². The average molecular weight is 231 g/mol. The van der Waals surface area contributed by atoms with Crippen LogP contribution in [0.3, 0.4) is 0 Å². The smallest absolute Gasteiger partial charge is 0.0729 e. The summed E-state index contributed by atoms with van der Waals surface area (Å²) in [5.74, 6) is 0. The van der Waals surface area contributed by atoms with Crippen LogP contribution in [-0.2, 0) is 24.9 Å². The number of ether oxygens (including phenoxy) is 1. The fourth-order valence-corrected chi connectivity index (χ4v) is 1.64. The number of methoxy groups -OCH3 is 1. The van der Waals surface area contributed by atoms with Crippen LogP contribution in [0.2, 0.25) is 0 Å². The fourth-order valence-electron chi connectivity index (χ4n) is 1.64. The van der Waals surface area contributed by atoms with Crippen molar-refractivity contribution < 1.29 is 4.74 Å². The molecular formula is C13H17N3O. The summed E-state index contributed by atoms with van der Waals surface area (Å²) in [6.45, 7) is 1.47. The molecule has 4 heteroatoms. The molecule has 1 aromatic carbocycles. The van der Waals surface area contributed by atoms with Crippen molar-refractivity contribution >= 4 is 5.69 Å². The van der Waals surface area contributed by atoms with Gasteiger partial charge in [0.1, 0.15) is 0 Å². The van der Waals surface area contributed by atoms with E-state index in [2.05, 4.69) is 34.7 Å². The predicted molar refractivity (Wildman–Crippen MR) is 67.7 cm³/mol. The van der Waals surface area contributed by atoms with Gasteiger partial charge in [-0.2, -0.15) is 5.10 Å². The number of aromatic nitrogens is 2. The lowest BCUT2D eigenvalue weighted by atomic mass is 10.1. The first-order chi connectivity index (χ1) is 8.28. The molecule has 0 aliphatic carbocycles. The maximum absolute atomic E-state index is 5.07. The Kier molecular flexibility index (Phi) is 3.77. The lowest BCUT2D eigenvalue weighted by Gasteiger charge is -2.05. The van der Waals surface area contributed by atoms with E-state index in [9.17, 15) is 0 Å². The van der Waals surface area contributed by atoms with Gasteiger partial charge in [0, 0.05) is 26.9 Å². The first-order valence-electron chi connectivity index (χ1n) is 5.57. The van der Waals surface area contributed by atoms with Crippen LogP contribution < -0.4 is 5.32 Å². The number of benzene rings is 1. The molecule has 2 rings (SSSR count). The molecule has 0 aliphatic rings. The maximum Gasteiger partial charge on any atom is 0.0729 e. The van der Waals surface area contributed by atoms with Crippen molar-refractivity contribution in [1.29, 1.82) is 0 Å². The zero-order valence-corrected chi connectivity index (χ0v) is 10.2. The minimum absolute atomic E-state index is 0.663. The average Bonchev–Trinajstić information content (AvgIpc) is 2.75. The molecule has 2 aromatic rings. The van der Waals surface area contributed by atoms with E-state index < -0.39 is 0 Å². The van der Waals surface area contributed by atoms with Crippen LogP contribution in [0.5, 0.6) is 0 Å². The third-order valence-electron chi connectivity index (χ3n) is 2.54. The van der Waals surface area contributed by atoms with E-state index in [-0.39, 0.29) is 0 Å². The molecule has 90 valence electrons. The fraction of sp³-hybridized carbons (Fsp3) is 0.308. The zero-order valence-electron chi connectivity index (χ0n) is 10.2. The van der Waals surface area contributed by atoms with E-state index in [1.54, 1.807) is 11.8 Å². The summed E-state index contributed by atoms with van der Waals surface area (Å²) in [7, 11) is 3.61. The van der Waals surface area contributed by atoms with Crippen molar-refractivity contribution in [2.75, 3.05) is 12.4 Å². The summed E-state index contributed by atoms with van der Waals surface area (Å²) in [6, 6.07) is 8.39. The lowest BCUT2D eigenvalue weighted by Crippen LogP contribution is -1.98. The van der Waals surface area contributed by atoms with E-state index in [4.69, 9.17) is 4.74 Å². The Morgan fingerprint density at radius 1 is 1.24 bits per heavy atom. The van der Waals surface area contributed by atoms with Crippen molar-refractivity contribution in [3.05, 3.63) is 47.8 Å². The third kappa shape index (κ3) is 3.32. The lowest BCUT2D eigenvalue weighted by molar-refractivity contribution is 0.185. The van der Waals surface area contributed by atoms with Gasteiger partial charge in [0.2, 0.25) is 0 Å². The second-order valence-corrected chi connectivity index (χ2v) is 4.01. The third-order valence-corrected chi connectivity index (χ3v) is 2.54. The van der Waals surface area contributed by atoms with E-state index >= 15 is 0 Å². The normalized spacial score (nSPS) is 10.5. The number of rotatable bonds is 5. The minimum Gasteiger partial charge on any atom is -0.380 e. The molecule has 0 amide bonds. The summed E-state index contributed by atoms with van der Waals surface area (Å²) < 4.78 is 6.85. The molecule has 1 aromatic heterocycles. The molecule has 1 heterocycles. The SMILES string of the molecule is COCc1ccc(CNc2cnn(C)c2)cc1. The molecule has 0 atom stereocenters. The first-order valence-corrected chi connectivity index (χ1v) is 5.57. The Balaban J connectivity index is 1.90. The van der Waals surface area contributed by atoms with Crippen LogP contribution in [0, 0.1) is 0 Å². The van der Waals surface area contributed by atoms with Gasteiger partial charge < -0.3 is 10.1 Å². The van der Waals surface area contributed by atoms with Crippen molar-refractivity contribution in [2.24, 2.45) is 7.05 Å². The molecular weight excluding hydrogens is 214 g/mol. The highest BCUT2D eigenvalue weighted by molar-refractivity contribution is 5.39. The number of aryl methyl sites for hydroxylation is 1. The van der Waals surface area contributed by atoms with Crippen molar-refractivity contribution in [3.8, 4) is 0 Å². The summed E-state index contributed by atoms with van der Waals surface area (Å²) in [4.78, 5) is 0. The number of anilines is 1. The zero-order chi connectivity index (χ0) is 12.1. The second-order valence-electron chi connectivity index (χ2n) is 4.01. The van der Waals surface area contributed by atoms with Crippen LogP contribution >= 0.6 is 0 Å². The number of hydrogen-bond acceptors (Lipinski definition) is 3. The second kappa shape index (κ2) is 5.50. The predicted octanol–water partition coefficient (Wildman–Crippen LogP) is 2.18. The van der Waals surface area contributed by atoms with Crippen LogP contribution in [-0.4, -0.2) is 16.9 Å². The van der Waals surface area contributed by atoms with Gasteiger partial charge in [0.25, 0.3) is 0 Å². The van der Waals surface area contributed by atoms with E-state index in [1.165, 1.54) is 11.1 Å². The Morgan fingerprint density at radius 3 is 2.53 bits per heavy atom. The van der Waals surface area contributed by atoms with E-state index in [0.29, 0.717) is 6.61 Å². The number of nitrogens with one attached hydrogen (secondary N) is 1. The standard InChI is InChI=1S/C13H17N3O/c1-16-9-13(8-15-16)14-7-11-3-5-12(6-4-11)10-17-2/h3-6,8-9,14H,7,10H2,1-2H3. The molecule has 0 spiro atoms. The molecule has 0 fully saturated rings. The van der Waals surface area contributed by atoms with Crippen molar-refractivity contribution in [1.82, 2.24) is 9.78 Å². The van der Waals surface area contributed by atoms with Gasteiger partial charge in [0.05, 0.1) is 18.5 Å². The largest absolute Gasteiger partial charge is 0.380 e. The number of hydrogen-bond donors (Lipinski definition) is 1. The first kappa shape index (κ1) is 11.7. The van der Waals surface area contributed by atoms with E-state index in [0.717, 1.165) is 12.2 Å². The van der Waals surface area contributed by atoms with E-state index in [1.807, 2.05) is 19.4 Å². The molecule has 0 aliphatic heterocycles. The highest BCUT2D eigenvalue weighted by Crippen LogP contribution is 2.09. The highest BCUT2D eigenvalue weighted by Gasteiger charge is 1.97. The van der Waals surface area contributed by atoms with Gasteiger partial charge in [-0.1, -0.05) is 24.3 Å². The van der Waals surface area contributed by atoms with Gasteiger partial charge in [-0.25, -0.2) is 0 Å². The Labute approximate surface area is 101 Å². The quantitative estimate of drug-likeness (QED) is 0.857. The van der Waals surface area contributed by atoms with Crippen LogP contribution in [0.15, 0.2) is 36.7 Å². The summed E-state index contributed by atoms with van der Waals surface area (Å²) >= 11 is 0. The van der Waals surface area contributed by atoms with Crippen molar-refractivity contribution in [2.45, 2.75) is 13.2 Å². The van der Waals surface area contributed by atoms with Gasteiger partial charge >= 0.3 is 0 Å². The topological polar surface area (TPSA) is 39.1 Å². The molecule has 0 saturated carbocycles. The van der Waals surface area contributed by atoms with Crippen LogP contribution in [0.1, 0.15) is 11.1 Å². The summed E-state index contributed by atoms with van der Waals surface area (Å²) in [5, 5.41) is 7.42. The molecule has 0 radical (unpaired) electrons. The van der Waals surface area contributed by atoms with Gasteiger partial charge in [-0.05, 0) is 11.1 Å². The molecule has 0 saturated heterocycles. The molecule has 0 bridgehead atoms. The van der Waals surface area contributed by atoms with Crippen LogP contribution in [0.25, 0.3) is 0 Å². The summed E-state index contributed by atoms with van der Waals surface area (Å²) in [5.41, 5.74) is 3.47. The minimum atomic E-state index is 0.663. The Morgan fingerprint density at radius 2 is 1.94 bits per heavy atom. The summed E-state index contributed by atoms with van der Waals surface area (Å²) in [6.07, 6.45) is 3.78. The van der Waals surface area contributed by atoms with Gasteiger partial charge in [-0.3, -0.25) is 4.68 Å². The maximum atomic E-state index is 5.07. The van der Waals surface area contributed by atoms with Gasteiger partial charge in [-0.15, -0.1) is 0 Å². The van der Waals surface area contributed by atoms with Crippen molar-refractivity contribution in [3.63, 3.8) is 0 Å². The monoisotopic (exact) mass is 231 g/mol. The van der Waals surface area contributed by atoms with Crippen LogP contribution in [0.4, 0.5) is 5.69 Å². The molecule has 17 heavy (non-hydrogen) atoms.